The van der Waals surface area contributed by atoms with Crippen molar-refractivity contribution in [3.63, 3.8) is 0 Å². The number of amides is 1. The van der Waals surface area contributed by atoms with Crippen molar-refractivity contribution < 1.29 is 9.53 Å². The molecule has 78 valence electrons. The minimum atomic E-state index is -0.522. The van der Waals surface area contributed by atoms with Crippen molar-refractivity contribution in [2.45, 2.75) is 19.3 Å². The third-order valence-corrected chi connectivity index (χ3v) is 3.64. The summed E-state index contributed by atoms with van der Waals surface area (Å²) in [5, 5.41) is 12.2. The van der Waals surface area contributed by atoms with Crippen LogP contribution < -0.4 is 5.32 Å². The van der Waals surface area contributed by atoms with Gasteiger partial charge >= 0.3 is 6.09 Å². The summed E-state index contributed by atoms with van der Waals surface area (Å²) in [4.78, 5) is 12.3. The SMILES string of the molecule is COC(=O)Nc1sc2c(c1C#N)CCC2. The number of nitrogens with zero attached hydrogens (tertiary/aromatic N) is 1. The quantitative estimate of drug-likeness (QED) is 0.793. The molecule has 0 saturated carbocycles. The average molecular weight is 222 g/mol. The summed E-state index contributed by atoms with van der Waals surface area (Å²) in [6.07, 6.45) is 2.54. The fourth-order valence-electron chi connectivity index (χ4n) is 1.75. The van der Waals surface area contributed by atoms with E-state index in [2.05, 4.69) is 16.1 Å². The van der Waals surface area contributed by atoms with Crippen LogP contribution in [0.1, 0.15) is 22.4 Å². The smallest absolute Gasteiger partial charge is 0.411 e. The molecule has 0 unspecified atom stereocenters. The molecule has 0 aromatic carbocycles. The highest BCUT2D eigenvalue weighted by molar-refractivity contribution is 7.16. The second kappa shape index (κ2) is 3.91. The molecule has 0 atom stereocenters. The first-order chi connectivity index (χ1) is 7.26. The van der Waals surface area contributed by atoms with Crippen LogP contribution in [0.15, 0.2) is 0 Å². The van der Waals surface area contributed by atoms with Crippen LogP contribution in [-0.4, -0.2) is 13.2 Å². The Balaban J connectivity index is 2.33. The standard InChI is InChI=1S/C10H10N2O2S/c1-14-10(13)12-9-7(5-11)6-3-2-4-8(6)15-9/h2-4H2,1H3,(H,12,13). The van der Waals surface area contributed by atoms with Crippen LogP contribution in [0.4, 0.5) is 9.80 Å². The predicted octanol–water partition coefficient (Wildman–Crippen LogP) is 2.29. The van der Waals surface area contributed by atoms with Crippen LogP contribution >= 0.6 is 11.3 Å². The zero-order valence-electron chi connectivity index (χ0n) is 8.29. The molecule has 1 N–H and O–H groups in total. The van der Waals surface area contributed by atoms with Crippen molar-refractivity contribution in [2.24, 2.45) is 0 Å². The largest absolute Gasteiger partial charge is 0.453 e. The molecule has 1 heterocycles. The number of nitrogens with one attached hydrogen (secondary N) is 1. The Morgan fingerprint density at radius 2 is 2.40 bits per heavy atom. The van der Waals surface area contributed by atoms with Crippen molar-refractivity contribution >= 4 is 22.4 Å². The number of aryl methyl sites for hydroxylation is 1. The third kappa shape index (κ3) is 1.68. The monoisotopic (exact) mass is 222 g/mol. The first-order valence-corrected chi connectivity index (χ1v) is 5.47. The third-order valence-electron chi connectivity index (χ3n) is 2.43. The maximum Gasteiger partial charge on any atom is 0.411 e. The van der Waals surface area contributed by atoms with Gasteiger partial charge in [-0.25, -0.2) is 4.79 Å². The first-order valence-electron chi connectivity index (χ1n) is 4.66. The van der Waals surface area contributed by atoms with E-state index in [1.54, 1.807) is 0 Å². The van der Waals surface area contributed by atoms with Gasteiger partial charge in [0.1, 0.15) is 11.1 Å². The van der Waals surface area contributed by atoms with Crippen molar-refractivity contribution in [1.82, 2.24) is 0 Å². The van der Waals surface area contributed by atoms with Gasteiger partial charge in [-0.05, 0) is 24.8 Å². The number of carbonyl (C=O) groups is 1. The van der Waals surface area contributed by atoms with Gasteiger partial charge < -0.3 is 4.74 Å². The highest BCUT2D eigenvalue weighted by Gasteiger charge is 2.22. The lowest BCUT2D eigenvalue weighted by Crippen LogP contribution is -2.10. The Morgan fingerprint density at radius 1 is 1.60 bits per heavy atom. The van der Waals surface area contributed by atoms with Gasteiger partial charge in [0.2, 0.25) is 0 Å². The molecule has 0 fully saturated rings. The number of ether oxygens (including phenoxy) is 1. The number of anilines is 1. The van der Waals surface area contributed by atoms with E-state index in [4.69, 9.17) is 5.26 Å². The zero-order chi connectivity index (χ0) is 10.8. The Morgan fingerprint density at radius 3 is 3.07 bits per heavy atom. The summed E-state index contributed by atoms with van der Waals surface area (Å²) in [5.41, 5.74) is 1.71. The molecule has 0 saturated heterocycles. The topological polar surface area (TPSA) is 62.1 Å². The van der Waals surface area contributed by atoms with Crippen LogP contribution in [0.5, 0.6) is 0 Å². The molecular weight excluding hydrogens is 212 g/mol. The van der Waals surface area contributed by atoms with Gasteiger partial charge in [0.25, 0.3) is 0 Å². The minimum absolute atomic E-state index is 0.522. The minimum Gasteiger partial charge on any atom is -0.453 e. The van der Waals surface area contributed by atoms with E-state index >= 15 is 0 Å². The Labute approximate surface area is 91.5 Å². The van der Waals surface area contributed by atoms with Crippen molar-refractivity contribution in [1.29, 1.82) is 5.26 Å². The normalized spacial score (nSPS) is 13.1. The van der Waals surface area contributed by atoms with E-state index in [1.807, 2.05) is 0 Å². The summed E-state index contributed by atoms with van der Waals surface area (Å²) < 4.78 is 4.50. The second-order valence-corrected chi connectivity index (χ2v) is 4.40. The number of fused-ring (bicyclic) bond motifs is 1. The Bertz CT molecular complexity index is 445. The Kier molecular flexibility index (Phi) is 2.60. The van der Waals surface area contributed by atoms with Gasteiger partial charge in [-0.15, -0.1) is 11.3 Å². The summed E-state index contributed by atoms with van der Waals surface area (Å²) in [6.45, 7) is 0. The number of hydrogen-bond donors (Lipinski definition) is 1. The van der Waals surface area contributed by atoms with Crippen molar-refractivity contribution in [2.75, 3.05) is 12.4 Å². The summed E-state index contributed by atoms with van der Waals surface area (Å²) in [5.74, 6) is 0. The molecule has 1 amide bonds. The summed E-state index contributed by atoms with van der Waals surface area (Å²) in [7, 11) is 1.31. The van der Waals surface area contributed by atoms with Crippen LogP contribution in [0.3, 0.4) is 0 Å². The molecule has 4 nitrogen and oxygen atoms in total. The maximum atomic E-state index is 11.0. The summed E-state index contributed by atoms with van der Waals surface area (Å²) in [6, 6.07) is 2.15. The van der Waals surface area contributed by atoms with Crippen LogP contribution in [-0.2, 0) is 17.6 Å². The molecule has 0 radical (unpaired) electrons. The van der Waals surface area contributed by atoms with Gasteiger partial charge in [-0.2, -0.15) is 5.26 Å². The molecule has 0 bridgehead atoms. The van der Waals surface area contributed by atoms with E-state index < -0.39 is 6.09 Å². The van der Waals surface area contributed by atoms with E-state index in [0.717, 1.165) is 24.8 Å². The van der Waals surface area contributed by atoms with E-state index in [0.29, 0.717) is 10.6 Å². The van der Waals surface area contributed by atoms with Crippen molar-refractivity contribution in [3.05, 3.63) is 16.0 Å². The average Bonchev–Trinajstić information content (AvgIpc) is 2.77. The first kappa shape index (κ1) is 9.99. The number of thiophene rings is 1. The molecule has 0 spiro atoms. The number of rotatable bonds is 1. The second-order valence-electron chi connectivity index (χ2n) is 3.29. The molecule has 0 aliphatic heterocycles. The fourth-order valence-corrected chi connectivity index (χ4v) is 2.98. The van der Waals surface area contributed by atoms with Crippen LogP contribution in [0.2, 0.25) is 0 Å². The number of nitriles is 1. The molecule has 1 aromatic rings. The molecule has 15 heavy (non-hydrogen) atoms. The molecule has 1 aromatic heterocycles. The van der Waals surface area contributed by atoms with E-state index in [-0.39, 0.29) is 0 Å². The lowest BCUT2D eigenvalue weighted by molar-refractivity contribution is 0.187. The van der Waals surface area contributed by atoms with Gasteiger partial charge in [-0.1, -0.05) is 0 Å². The highest BCUT2D eigenvalue weighted by atomic mass is 32.1. The van der Waals surface area contributed by atoms with E-state index in [9.17, 15) is 4.79 Å². The van der Waals surface area contributed by atoms with Gasteiger partial charge in [-0.3, -0.25) is 5.32 Å². The number of methoxy groups -OCH3 is 1. The lowest BCUT2D eigenvalue weighted by Gasteiger charge is -2.01. The van der Waals surface area contributed by atoms with E-state index in [1.165, 1.54) is 23.3 Å². The predicted molar refractivity (Wildman–Crippen MR) is 57.1 cm³/mol. The van der Waals surface area contributed by atoms with Crippen molar-refractivity contribution in [3.8, 4) is 6.07 Å². The molecule has 5 heteroatoms. The molecule has 1 aliphatic carbocycles. The fraction of sp³-hybridized carbons (Fsp3) is 0.400. The van der Waals surface area contributed by atoms with Crippen LogP contribution in [0, 0.1) is 11.3 Å². The summed E-state index contributed by atoms with van der Waals surface area (Å²) >= 11 is 1.48. The highest BCUT2D eigenvalue weighted by Crippen LogP contribution is 2.38. The van der Waals surface area contributed by atoms with Gasteiger partial charge in [0, 0.05) is 4.88 Å². The molecular formula is C10H10N2O2S. The maximum absolute atomic E-state index is 11.0. The molecule has 1 aliphatic rings. The Hall–Kier alpha value is -1.54. The zero-order valence-corrected chi connectivity index (χ0v) is 9.11. The molecule has 2 rings (SSSR count). The van der Waals surface area contributed by atoms with Gasteiger partial charge in [0.15, 0.2) is 0 Å². The lowest BCUT2D eigenvalue weighted by atomic mass is 10.1. The number of hydrogen-bond acceptors (Lipinski definition) is 4. The van der Waals surface area contributed by atoms with Crippen LogP contribution in [0.25, 0.3) is 0 Å². The van der Waals surface area contributed by atoms with Gasteiger partial charge in [0.05, 0.1) is 12.7 Å². The number of carbonyl (C=O) groups excluding carboxylic acids is 1.